The van der Waals surface area contributed by atoms with E-state index in [1.165, 1.54) is 7.11 Å². The van der Waals surface area contributed by atoms with Crippen LogP contribution in [0.3, 0.4) is 0 Å². The SMILES string of the molecule is COCOC(=O)c1c(C)c(C)c(Oc2nccc3c(C)c(O)c(F)c(C)c23)c(C)c1C. The summed E-state index contributed by atoms with van der Waals surface area (Å²) in [7, 11) is 1.45. The number of aromatic nitrogens is 1. The van der Waals surface area contributed by atoms with Crippen molar-refractivity contribution in [2.24, 2.45) is 0 Å². The molecule has 2 aromatic carbocycles. The Balaban J connectivity index is 2.19. The summed E-state index contributed by atoms with van der Waals surface area (Å²) in [6.45, 7) is 10.4. The van der Waals surface area contributed by atoms with Crippen molar-refractivity contribution in [2.75, 3.05) is 13.9 Å². The van der Waals surface area contributed by atoms with Crippen molar-refractivity contribution in [3.8, 4) is 17.4 Å². The van der Waals surface area contributed by atoms with Crippen molar-refractivity contribution >= 4 is 16.7 Å². The van der Waals surface area contributed by atoms with Gasteiger partial charge in [-0.05, 0) is 75.2 Å². The number of phenols is 1. The molecule has 0 fully saturated rings. The predicted molar refractivity (Wildman–Crippen MR) is 116 cm³/mol. The molecule has 1 aromatic heterocycles. The van der Waals surface area contributed by atoms with Crippen LogP contribution in [0.2, 0.25) is 0 Å². The average molecular weight is 427 g/mol. The molecule has 0 unspecified atom stereocenters. The van der Waals surface area contributed by atoms with Crippen LogP contribution in [0, 0.1) is 47.4 Å². The second-order valence-electron chi connectivity index (χ2n) is 7.60. The minimum absolute atomic E-state index is 0.134. The fraction of sp³-hybridized carbons (Fsp3) is 0.333. The summed E-state index contributed by atoms with van der Waals surface area (Å²) in [6.07, 6.45) is 1.56. The van der Waals surface area contributed by atoms with Crippen LogP contribution in [0.15, 0.2) is 12.3 Å². The maximum atomic E-state index is 14.6. The number of hydrogen-bond donors (Lipinski definition) is 1. The number of phenolic OH excluding ortho intramolecular Hbond substituents is 1. The molecular formula is C24H26FNO5. The normalized spacial score (nSPS) is 11.1. The number of methoxy groups -OCH3 is 1. The Kier molecular flexibility index (Phi) is 6.18. The summed E-state index contributed by atoms with van der Waals surface area (Å²) in [4.78, 5) is 16.9. The zero-order chi connectivity index (χ0) is 23.0. The first-order valence-electron chi connectivity index (χ1n) is 9.82. The molecule has 0 aliphatic rings. The number of aromatic hydroxyl groups is 1. The third-order valence-electron chi connectivity index (χ3n) is 5.85. The molecule has 0 amide bonds. The number of carbonyl (C=O) groups is 1. The molecule has 0 radical (unpaired) electrons. The van der Waals surface area contributed by atoms with Crippen LogP contribution < -0.4 is 4.74 Å². The summed E-state index contributed by atoms with van der Waals surface area (Å²) >= 11 is 0. The van der Waals surface area contributed by atoms with Gasteiger partial charge in [-0.2, -0.15) is 0 Å². The second kappa shape index (κ2) is 8.51. The Hall–Kier alpha value is -3.19. The fourth-order valence-electron chi connectivity index (χ4n) is 3.79. The summed E-state index contributed by atoms with van der Waals surface area (Å²) < 4.78 is 30.8. The molecule has 1 heterocycles. The van der Waals surface area contributed by atoms with Gasteiger partial charge >= 0.3 is 5.97 Å². The summed E-state index contributed by atoms with van der Waals surface area (Å²) in [5.41, 5.74) is 4.08. The quantitative estimate of drug-likeness (QED) is 0.429. The van der Waals surface area contributed by atoms with Gasteiger partial charge in [-0.1, -0.05) is 0 Å². The van der Waals surface area contributed by atoms with Gasteiger partial charge in [0.05, 0.1) is 10.9 Å². The fourth-order valence-corrected chi connectivity index (χ4v) is 3.79. The number of ether oxygens (including phenoxy) is 3. The molecule has 3 rings (SSSR count). The van der Waals surface area contributed by atoms with Crippen molar-refractivity contribution in [3.63, 3.8) is 0 Å². The zero-order valence-corrected chi connectivity index (χ0v) is 18.8. The van der Waals surface area contributed by atoms with Crippen LogP contribution >= 0.6 is 0 Å². The number of carbonyl (C=O) groups excluding carboxylic acids is 1. The van der Waals surface area contributed by atoms with Crippen molar-refractivity contribution in [1.29, 1.82) is 0 Å². The maximum absolute atomic E-state index is 14.6. The third-order valence-corrected chi connectivity index (χ3v) is 5.85. The van der Waals surface area contributed by atoms with Gasteiger partial charge in [0.15, 0.2) is 18.4 Å². The van der Waals surface area contributed by atoms with E-state index in [0.717, 1.165) is 22.3 Å². The topological polar surface area (TPSA) is 77.9 Å². The molecular weight excluding hydrogens is 401 g/mol. The van der Waals surface area contributed by atoms with Gasteiger partial charge in [-0.25, -0.2) is 14.2 Å². The van der Waals surface area contributed by atoms with Gasteiger partial charge in [0.25, 0.3) is 0 Å². The van der Waals surface area contributed by atoms with E-state index in [1.807, 2.05) is 27.7 Å². The molecule has 0 bridgehead atoms. The van der Waals surface area contributed by atoms with Gasteiger partial charge < -0.3 is 19.3 Å². The van der Waals surface area contributed by atoms with Crippen LogP contribution in [0.5, 0.6) is 17.4 Å². The van der Waals surface area contributed by atoms with Gasteiger partial charge in [-0.3, -0.25) is 0 Å². The molecule has 7 heteroatoms. The minimum atomic E-state index is -0.695. The largest absolute Gasteiger partial charge is 0.505 e. The maximum Gasteiger partial charge on any atom is 0.340 e. The number of hydrogen-bond acceptors (Lipinski definition) is 6. The predicted octanol–water partition coefficient (Wildman–Crippen LogP) is 5.48. The summed E-state index contributed by atoms with van der Waals surface area (Å²) in [5, 5.41) is 11.2. The highest BCUT2D eigenvalue weighted by Gasteiger charge is 2.24. The molecule has 3 aromatic rings. The van der Waals surface area contributed by atoms with E-state index in [9.17, 15) is 14.3 Å². The number of aryl methyl sites for hydroxylation is 2. The smallest absolute Gasteiger partial charge is 0.340 e. The first-order chi connectivity index (χ1) is 14.6. The van der Waals surface area contributed by atoms with Crippen molar-refractivity contribution in [3.05, 3.63) is 57.0 Å². The highest BCUT2D eigenvalue weighted by molar-refractivity contribution is 5.95. The molecule has 0 aliphatic carbocycles. The van der Waals surface area contributed by atoms with Crippen LogP contribution in [0.25, 0.3) is 10.8 Å². The minimum Gasteiger partial charge on any atom is -0.505 e. The van der Waals surface area contributed by atoms with E-state index in [-0.39, 0.29) is 24.0 Å². The molecule has 1 N–H and O–H groups in total. The van der Waals surface area contributed by atoms with E-state index in [4.69, 9.17) is 14.2 Å². The zero-order valence-electron chi connectivity index (χ0n) is 18.8. The molecule has 0 atom stereocenters. The summed E-state index contributed by atoms with van der Waals surface area (Å²) in [6, 6.07) is 1.72. The molecule has 0 saturated heterocycles. The van der Waals surface area contributed by atoms with E-state index >= 15 is 0 Å². The Morgan fingerprint density at radius 3 is 2.19 bits per heavy atom. The number of rotatable bonds is 5. The van der Waals surface area contributed by atoms with Crippen molar-refractivity contribution < 1.29 is 28.5 Å². The van der Waals surface area contributed by atoms with Crippen LogP contribution in [0.1, 0.15) is 43.7 Å². The Bertz CT molecular complexity index is 1170. The Morgan fingerprint density at radius 1 is 1.00 bits per heavy atom. The van der Waals surface area contributed by atoms with Gasteiger partial charge in [0, 0.05) is 24.4 Å². The Labute approximate surface area is 180 Å². The lowest BCUT2D eigenvalue weighted by Crippen LogP contribution is -2.13. The lowest BCUT2D eigenvalue weighted by atomic mass is 9.93. The highest BCUT2D eigenvalue weighted by Crippen LogP contribution is 2.41. The van der Waals surface area contributed by atoms with E-state index in [1.54, 1.807) is 26.1 Å². The van der Waals surface area contributed by atoms with Crippen molar-refractivity contribution in [1.82, 2.24) is 4.98 Å². The number of pyridine rings is 1. The van der Waals surface area contributed by atoms with Gasteiger partial charge in [0.2, 0.25) is 5.88 Å². The van der Waals surface area contributed by atoms with Crippen LogP contribution in [-0.4, -0.2) is 30.0 Å². The number of nitrogens with zero attached hydrogens (tertiary/aromatic N) is 1. The number of esters is 1. The first kappa shape index (κ1) is 22.5. The summed E-state index contributed by atoms with van der Waals surface area (Å²) in [5.74, 6) is -0.762. The van der Waals surface area contributed by atoms with Crippen LogP contribution in [0.4, 0.5) is 4.39 Å². The molecule has 31 heavy (non-hydrogen) atoms. The van der Waals surface area contributed by atoms with Gasteiger partial charge in [-0.15, -0.1) is 0 Å². The molecule has 6 nitrogen and oxygen atoms in total. The standard InChI is InChI=1S/C24H26FNO5/c1-11-13(3)22(14(4)12(2)18(11)24(28)30-10-29-7)31-23-19-16(6)20(25)21(27)15(5)17(19)8-9-26-23/h8-9,27H,10H2,1-7H3. The lowest BCUT2D eigenvalue weighted by Gasteiger charge is -2.20. The number of benzene rings is 2. The lowest BCUT2D eigenvalue weighted by molar-refractivity contribution is -0.0126. The molecule has 0 saturated carbocycles. The number of halogens is 1. The number of fused-ring (bicyclic) bond motifs is 1. The van der Waals surface area contributed by atoms with E-state index in [0.29, 0.717) is 27.6 Å². The van der Waals surface area contributed by atoms with E-state index in [2.05, 4.69) is 4.98 Å². The highest BCUT2D eigenvalue weighted by atomic mass is 19.1. The second-order valence-corrected chi connectivity index (χ2v) is 7.60. The van der Waals surface area contributed by atoms with E-state index < -0.39 is 11.8 Å². The Morgan fingerprint density at radius 2 is 1.61 bits per heavy atom. The molecule has 164 valence electrons. The first-order valence-corrected chi connectivity index (χ1v) is 9.82. The van der Waals surface area contributed by atoms with Gasteiger partial charge in [0.1, 0.15) is 5.75 Å². The molecule has 0 spiro atoms. The van der Waals surface area contributed by atoms with Crippen molar-refractivity contribution in [2.45, 2.75) is 41.5 Å². The molecule has 0 aliphatic heterocycles. The third kappa shape index (κ3) is 3.70. The van der Waals surface area contributed by atoms with Crippen LogP contribution in [-0.2, 0) is 9.47 Å². The average Bonchev–Trinajstić information content (AvgIpc) is 2.76. The monoisotopic (exact) mass is 427 g/mol.